The van der Waals surface area contributed by atoms with Crippen molar-refractivity contribution < 1.29 is 24.2 Å². The number of fused-ring (bicyclic) bond motifs is 3. The Labute approximate surface area is 204 Å². The van der Waals surface area contributed by atoms with Crippen molar-refractivity contribution in [3.8, 4) is 11.1 Å². The number of likely N-dealkylation sites (N-methyl/N-ethyl adjacent to an activating group) is 1. The van der Waals surface area contributed by atoms with Crippen LogP contribution in [-0.2, 0) is 14.3 Å². The van der Waals surface area contributed by atoms with E-state index < -0.39 is 30.1 Å². The molecule has 8 nitrogen and oxygen atoms in total. The van der Waals surface area contributed by atoms with Gasteiger partial charge in [0.05, 0.1) is 0 Å². The van der Waals surface area contributed by atoms with E-state index in [2.05, 4.69) is 22.8 Å². The van der Waals surface area contributed by atoms with Crippen LogP contribution in [0.2, 0.25) is 0 Å². The van der Waals surface area contributed by atoms with Crippen LogP contribution in [0.15, 0.2) is 48.5 Å². The van der Waals surface area contributed by atoms with Gasteiger partial charge in [-0.3, -0.25) is 4.79 Å². The van der Waals surface area contributed by atoms with E-state index in [9.17, 15) is 19.5 Å². The summed E-state index contributed by atoms with van der Waals surface area (Å²) in [6, 6.07) is 14.1. The Kier molecular flexibility index (Phi) is 8.95. The molecule has 182 valence electrons. The number of hydrogen-bond donors (Lipinski definition) is 3. The van der Waals surface area contributed by atoms with Gasteiger partial charge >= 0.3 is 12.1 Å². The number of nitrogens with one attached hydrogen (secondary N) is 2. The van der Waals surface area contributed by atoms with Crippen molar-refractivity contribution in [3.05, 3.63) is 59.7 Å². The van der Waals surface area contributed by atoms with Crippen molar-refractivity contribution >= 4 is 29.7 Å². The van der Waals surface area contributed by atoms with Crippen molar-refractivity contribution in [2.75, 3.05) is 39.3 Å². The Balaban J connectivity index is 1.65. The number of nitrogens with zero attached hydrogens (tertiary/aromatic N) is 1. The van der Waals surface area contributed by atoms with Crippen molar-refractivity contribution in [2.45, 2.75) is 24.4 Å². The van der Waals surface area contributed by atoms with E-state index >= 15 is 0 Å². The summed E-state index contributed by atoms with van der Waals surface area (Å²) >= 11 is 1.50. The standard InChI is InChI=1S/C25H31N3O5S/c1-28(2)14-22(23(29)26-21(24(30)31)12-13-34-3)27-25(32)33-15-20-18-10-6-4-8-16(18)17-9-5-7-11-19(17)20/h4-11,20-22H,12-15H2,1-3H3,(H,26,29)(H,27,32)(H,30,31)/t21-,22?/m1/s1. The van der Waals surface area contributed by atoms with Gasteiger partial charge in [0.1, 0.15) is 18.7 Å². The Hall–Kier alpha value is -3.04. The Morgan fingerprint density at radius 2 is 1.59 bits per heavy atom. The van der Waals surface area contributed by atoms with Crippen LogP contribution < -0.4 is 10.6 Å². The van der Waals surface area contributed by atoms with E-state index in [1.54, 1.807) is 19.0 Å². The number of carbonyl (C=O) groups is 3. The highest BCUT2D eigenvalue weighted by molar-refractivity contribution is 7.98. The first kappa shape index (κ1) is 25.6. The van der Waals surface area contributed by atoms with E-state index in [0.717, 1.165) is 22.3 Å². The molecule has 3 rings (SSSR count). The molecule has 0 aliphatic heterocycles. The van der Waals surface area contributed by atoms with Crippen molar-refractivity contribution in [3.63, 3.8) is 0 Å². The van der Waals surface area contributed by atoms with Gasteiger partial charge in [-0.05, 0) is 54.8 Å². The van der Waals surface area contributed by atoms with E-state index in [0.29, 0.717) is 12.2 Å². The van der Waals surface area contributed by atoms with Crippen molar-refractivity contribution in [1.82, 2.24) is 15.5 Å². The predicted octanol–water partition coefficient (Wildman–Crippen LogP) is 2.78. The summed E-state index contributed by atoms with van der Waals surface area (Å²) in [5.41, 5.74) is 4.44. The monoisotopic (exact) mass is 485 g/mol. The van der Waals surface area contributed by atoms with Crippen LogP contribution in [0.4, 0.5) is 4.79 Å². The fourth-order valence-electron chi connectivity index (χ4n) is 4.11. The fourth-order valence-corrected chi connectivity index (χ4v) is 4.58. The second-order valence-corrected chi connectivity index (χ2v) is 9.45. The van der Waals surface area contributed by atoms with Crippen LogP contribution in [0.5, 0.6) is 0 Å². The minimum atomic E-state index is -1.10. The SMILES string of the molecule is CSCC[C@@H](NC(=O)C(CN(C)C)NC(=O)OCC1c2ccccc2-c2ccccc21)C(=O)O. The number of benzene rings is 2. The molecule has 2 aromatic carbocycles. The molecule has 0 saturated carbocycles. The minimum Gasteiger partial charge on any atom is -0.480 e. The molecule has 0 bridgehead atoms. The highest BCUT2D eigenvalue weighted by Crippen LogP contribution is 2.44. The summed E-state index contributed by atoms with van der Waals surface area (Å²) in [6.07, 6.45) is 1.44. The number of amides is 2. The van der Waals surface area contributed by atoms with Crippen LogP contribution in [0.25, 0.3) is 11.1 Å². The second kappa shape index (κ2) is 11.9. The van der Waals surface area contributed by atoms with Gasteiger partial charge < -0.3 is 25.4 Å². The molecule has 1 aliphatic carbocycles. The van der Waals surface area contributed by atoms with Crippen LogP contribution >= 0.6 is 11.8 Å². The molecule has 0 radical (unpaired) electrons. The molecule has 3 N–H and O–H groups in total. The van der Waals surface area contributed by atoms with Gasteiger partial charge in [-0.15, -0.1) is 0 Å². The van der Waals surface area contributed by atoms with Crippen molar-refractivity contribution in [1.29, 1.82) is 0 Å². The van der Waals surface area contributed by atoms with Gasteiger partial charge in [0, 0.05) is 12.5 Å². The molecule has 34 heavy (non-hydrogen) atoms. The smallest absolute Gasteiger partial charge is 0.407 e. The summed E-state index contributed by atoms with van der Waals surface area (Å²) in [5, 5.41) is 14.6. The van der Waals surface area contributed by atoms with Gasteiger partial charge in [0.2, 0.25) is 5.91 Å². The van der Waals surface area contributed by atoms with Crippen LogP contribution in [0.1, 0.15) is 23.5 Å². The van der Waals surface area contributed by atoms with Crippen LogP contribution in [-0.4, -0.2) is 79.3 Å². The predicted molar refractivity (Wildman–Crippen MR) is 133 cm³/mol. The lowest BCUT2D eigenvalue weighted by Crippen LogP contribution is -2.55. The number of carboxylic acids is 1. The molecule has 2 atom stereocenters. The van der Waals surface area contributed by atoms with Gasteiger partial charge in [0.25, 0.3) is 0 Å². The van der Waals surface area contributed by atoms with E-state index in [4.69, 9.17) is 4.74 Å². The molecule has 0 spiro atoms. The molecule has 1 unspecified atom stereocenters. The fraction of sp³-hybridized carbons (Fsp3) is 0.400. The zero-order valence-electron chi connectivity index (χ0n) is 19.6. The van der Waals surface area contributed by atoms with E-state index in [-0.39, 0.29) is 19.1 Å². The first-order valence-corrected chi connectivity index (χ1v) is 12.5. The zero-order chi connectivity index (χ0) is 24.7. The lowest BCUT2D eigenvalue weighted by Gasteiger charge is -2.24. The number of carboxylic acid groups (broad SMARTS) is 1. The summed E-state index contributed by atoms with van der Waals surface area (Å²) < 4.78 is 5.55. The number of thioether (sulfide) groups is 1. The number of carbonyl (C=O) groups excluding carboxylic acids is 2. The molecule has 0 heterocycles. The zero-order valence-corrected chi connectivity index (χ0v) is 20.4. The third kappa shape index (κ3) is 6.30. The van der Waals surface area contributed by atoms with E-state index in [1.165, 1.54) is 11.8 Å². The minimum absolute atomic E-state index is 0.0952. The maximum absolute atomic E-state index is 12.8. The average molecular weight is 486 g/mol. The molecule has 9 heteroatoms. The van der Waals surface area contributed by atoms with Gasteiger partial charge in [-0.1, -0.05) is 48.5 Å². The first-order valence-electron chi connectivity index (χ1n) is 11.1. The molecule has 2 amide bonds. The summed E-state index contributed by atoms with van der Waals surface area (Å²) in [7, 11) is 3.53. The molecular formula is C25H31N3O5S. The lowest BCUT2D eigenvalue weighted by molar-refractivity contribution is -0.142. The first-order chi connectivity index (χ1) is 16.3. The number of ether oxygens (including phenoxy) is 1. The summed E-state index contributed by atoms with van der Waals surface area (Å²) in [6.45, 7) is 0.326. The van der Waals surface area contributed by atoms with Gasteiger partial charge in [-0.2, -0.15) is 11.8 Å². The highest BCUT2D eigenvalue weighted by atomic mass is 32.2. The van der Waals surface area contributed by atoms with Crippen LogP contribution in [0.3, 0.4) is 0 Å². The Morgan fingerprint density at radius 1 is 1.00 bits per heavy atom. The quantitative estimate of drug-likeness (QED) is 0.449. The summed E-state index contributed by atoms with van der Waals surface area (Å²) in [4.78, 5) is 38.7. The third-order valence-electron chi connectivity index (χ3n) is 5.73. The topological polar surface area (TPSA) is 108 Å². The molecule has 1 aliphatic rings. The van der Waals surface area contributed by atoms with Crippen molar-refractivity contribution in [2.24, 2.45) is 0 Å². The van der Waals surface area contributed by atoms with Crippen LogP contribution in [0, 0.1) is 0 Å². The van der Waals surface area contributed by atoms with Gasteiger partial charge in [-0.25, -0.2) is 9.59 Å². The largest absolute Gasteiger partial charge is 0.480 e. The Morgan fingerprint density at radius 3 is 2.12 bits per heavy atom. The normalized spacial score (nSPS) is 14.1. The number of alkyl carbamates (subject to hydrolysis) is 1. The molecule has 0 aromatic heterocycles. The number of aliphatic carboxylic acids is 1. The molecule has 0 fully saturated rings. The average Bonchev–Trinajstić information content (AvgIpc) is 3.13. The third-order valence-corrected chi connectivity index (χ3v) is 6.37. The molecule has 2 aromatic rings. The summed E-state index contributed by atoms with van der Waals surface area (Å²) in [5.74, 6) is -1.17. The highest BCUT2D eigenvalue weighted by Gasteiger charge is 2.30. The lowest BCUT2D eigenvalue weighted by atomic mass is 9.98. The maximum atomic E-state index is 12.8. The van der Waals surface area contributed by atoms with E-state index in [1.807, 2.05) is 42.7 Å². The molecule has 0 saturated heterocycles. The second-order valence-electron chi connectivity index (χ2n) is 8.47. The van der Waals surface area contributed by atoms with Gasteiger partial charge in [0.15, 0.2) is 0 Å². The number of hydrogen-bond acceptors (Lipinski definition) is 6. The Bertz CT molecular complexity index is 984. The maximum Gasteiger partial charge on any atom is 0.407 e. The number of rotatable bonds is 11. The molecular weight excluding hydrogens is 454 g/mol.